The van der Waals surface area contributed by atoms with E-state index in [0.717, 1.165) is 63.6 Å². The Morgan fingerprint density at radius 1 is 1.27 bits per heavy atom. The van der Waals surface area contributed by atoms with E-state index in [1.165, 1.54) is 32.1 Å². The fraction of sp³-hybridized carbons (Fsp3) is 0.773. The molecule has 172 valence electrons. The summed E-state index contributed by atoms with van der Waals surface area (Å²) in [6.07, 6.45) is 8.26. The predicted molar refractivity (Wildman–Crippen MR) is 133 cm³/mol. The van der Waals surface area contributed by atoms with E-state index < -0.39 is 0 Å². The lowest BCUT2D eigenvalue weighted by Gasteiger charge is -2.32. The Labute approximate surface area is 199 Å². The number of furan rings is 1. The number of piperidine rings is 1. The van der Waals surface area contributed by atoms with Crippen LogP contribution in [0, 0.1) is 0 Å². The van der Waals surface area contributed by atoms with E-state index in [2.05, 4.69) is 33.4 Å². The number of hydrogen-bond donors (Lipinski definition) is 2. The second-order valence-corrected chi connectivity index (χ2v) is 8.03. The number of methoxy groups -OCH3 is 1. The van der Waals surface area contributed by atoms with E-state index in [1.807, 2.05) is 6.07 Å². The lowest BCUT2D eigenvalue weighted by Crippen LogP contribution is -2.43. The second-order valence-electron chi connectivity index (χ2n) is 8.03. The third kappa shape index (κ3) is 8.36. The van der Waals surface area contributed by atoms with Gasteiger partial charge in [-0.2, -0.15) is 0 Å². The first-order valence-corrected chi connectivity index (χ1v) is 11.3. The average molecular weight is 533 g/mol. The molecule has 1 aliphatic heterocycles. The SMILES string of the molecule is CCNC(=NCC(c1ccco1)N1CCCCC1)NCCN(CCOC)C1CC1.I. The van der Waals surface area contributed by atoms with Gasteiger partial charge >= 0.3 is 0 Å². The van der Waals surface area contributed by atoms with Gasteiger partial charge in [0.25, 0.3) is 0 Å². The number of nitrogens with zero attached hydrogens (tertiary/aromatic N) is 3. The zero-order valence-electron chi connectivity index (χ0n) is 18.6. The molecule has 1 atom stereocenters. The van der Waals surface area contributed by atoms with Crippen molar-refractivity contribution in [2.75, 3.05) is 59.5 Å². The monoisotopic (exact) mass is 533 g/mol. The smallest absolute Gasteiger partial charge is 0.191 e. The molecule has 2 aliphatic rings. The molecule has 2 heterocycles. The quantitative estimate of drug-likeness (QED) is 0.245. The highest BCUT2D eigenvalue weighted by atomic mass is 127. The summed E-state index contributed by atoms with van der Waals surface area (Å²) < 4.78 is 11.0. The summed E-state index contributed by atoms with van der Waals surface area (Å²) in [6, 6.07) is 5.02. The zero-order valence-corrected chi connectivity index (χ0v) is 21.0. The van der Waals surface area contributed by atoms with Gasteiger partial charge in [-0.1, -0.05) is 6.42 Å². The minimum atomic E-state index is 0. The Morgan fingerprint density at radius 3 is 2.70 bits per heavy atom. The molecule has 1 unspecified atom stereocenters. The number of rotatable bonds is 12. The molecule has 2 fully saturated rings. The third-order valence-corrected chi connectivity index (χ3v) is 5.81. The number of guanidine groups is 1. The number of halogens is 1. The molecule has 0 amide bonds. The Balaban J connectivity index is 0.00000320. The molecule has 1 aromatic heterocycles. The van der Waals surface area contributed by atoms with Crippen LogP contribution in [-0.2, 0) is 4.74 Å². The van der Waals surface area contributed by atoms with E-state index in [1.54, 1.807) is 13.4 Å². The van der Waals surface area contributed by atoms with Gasteiger partial charge < -0.3 is 19.8 Å². The first-order valence-electron chi connectivity index (χ1n) is 11.3. The van der Waals surface area contributed by atoms with Gasteiger partial charge in [-0.3, -0.25) is 14.8 Å². The molecular weight excluding hydrogens is 493 g/mol. The first-order chi connectivity index (χ1) is 14.3. The Bertz CT molecular complexity index is 588. The number of aliphatic imine (C=N–C) groups is 1. The van der Waals surface area contributed by atoms with Crippen LogP contribution < -0.4 is 10.6 Å². The normalized spacial score (nSPS) is 18.8. The Hall–Kier alpha value is -0.840. The van der Waals surface area contributed by atoms with E-state index in [4.69, 9.17) is 14.1 Å². The highest BCUT2D eigenvalue weighted by molar-refractivity contribution is 14.0. The van der Waals surface area contributed by atoms with Gasteiger partial charge in [0.2, 0.25) is 0 Å². The van der Waals surface area contributed by atoms with Gasteiger partial charge in [0.1, 0.15) is 5.76 Å². The standard InChI is InChI=1S/C22H39N5O2.HI/c1-3-23-22(24-11-14-26(15-17-28-2)19-9-10-19)25-18-20(21-8-7-16-29-21)27-12-5-4-6-13-27;/h7-8,16,19-20H,3-6,9-15,17-18H2,1-2H3,(H2,23,24,25);1H. The molecule has 0 aromatic carbocycles. The zero-order chi connectivity index (χ0) is 20.3. The molecule has 0 spiro atoms. The lowest BCUT2D eigenvalue weighted by molar-refractivity contribution is 0.144. The fourth-order valence-corrected chi connectivity index (χ4v) is 4.06. The van der Waals surface area contributed by atoms with Crippen LogP contribution in [0.1, 0.15) is 50.8 Å². The van der Waals surface area contributed by atoms with Crippen molar-refractivity contribution in [2.24, 2.45) is 4.99 Å². The molecule has 8 heteroatoms. The van der Waals surface area contributed by atoms with Crippen LogP contribution in [0.5, 0.6) is 0 Å². The van der Waals surface area contributed by atoms with Crippen molar-refractivity contribution in [1.29, 1.82) is 0 Å². The number of ether oxygens (including phenoxy) is 1. The first kappa shape index (κ1) is 25.4. The van der Waals surface area contributed by atoms with Crippen LogP contribution in [0.25, 0.3) is 0 Å². The highest BCUT2D eigenvalue weighted by Crippen LogP contribution is 2.26. The summed E-state index contributed by atoms with van der Waals surface area (Å²) in [4.78, 5) is 9.96. The molecule has 7 nitrogen and oxygen atoms in total. The van der Waals surface area contributed by atoms with Gasteiger partial charge in [0, 0.05) is 39.3 Å². The maximum atomic E-state index is 5.75. The minimum absolute atomic E-state index is 0. The molecule has 1 saturated heterocycles. The van der Waals surface area contributed by atoms with Crippen molar-refractivity contribution in [3.05, 3.63) is 24.2 Å². The molecule has 0 radical (unpaired) electrons. The van der Waals surface area contributed by atoms with Crippen LogP contribution in [-0.4, -0.2) is 81.3 Å². The summed E-state index contributed by atoms with van der Waals surface area (Å²) in [5.74, 6) is 1.91. The fourth-order valence-electron chi connectivity index (χ4n) is 4.06. The van der Waals surface area contributed by atoms with Gasteiger partial charge in [-0.25, -0.2) is 0 Å². The largest absolute Gasteiger partial charge is 0.468 e. The van der Waals surface area contributed by atoms with Gasteiger partial charge in [0.15, 0.2) is 5.96 Å². The summed E-state index contributed by atoms with van der Waals surface area (Å²) in [6.45, 7) is 9.64. The Kier molecular flexibility index (Phi) is 12.1. The predicted octanol–water partition coefficient (Wildman–Crippen LogP) is 3.09. The van der Waals surface area contributed by atoms with Crippen molar-refractivity contribution in [3.63, 3.8) is 0 Å². The molecule has 1 saturated carbocycles. The second kappa shape index (κ2) is 14.3. The van der Waals surface area contributed by atoms with Crippen LogP contribution in [0.15, 0.2) is 27.8 Å². The molecule has 30 heavy (non-hydrogen) atoms. The summed E-state index contributed by atoms with van der Waals surface area (Å²) in [7, 11) is 1.77. The highest BCUT2D eigenvalue weighted by Gasteiger charge is 2.28. The maximum absolute atomic E-state index is 5.75. The molecule has 1 aliphatic carbocycles. The van der Waals surface area contributed by atoms with E-state index >= 15 is 0 Å². The summed E-state index contributed by atoms with van der Waals surface area (Å²) in [5, 5.41) is 6.92. The average Bonchev–Trinajstić information content (AvgIpc) is 3.46. The van der Waals surface area contributed by atoms with Crippen molar-refractivity contribution in [3.8, 4) is 0 Å². The van der Waals surface area contributed by atoms with Gasteiger partial charge in [-0.05, 0) is 57.8 Å². The number of hydrogen-bond acceptors (Lipinski definition) is 5. The molecular formula is C22H40IN5O2. The van der Waals surface area contributed by atoms with Crippen molar-refractivity contribution >= 4 is 29.9 Å². The number of nitrogens with one attached hydrogen (secondary N) is 2. The van der Waals surface area contributed by atoms with Crippen molar-refractivity contribution in [2.45, 2.75) is 51.1 Å². The van der Waals surface area contributed by atoms with Crippen LogP contribution in [0.3, 0.4) is 0 Å². The van der Waals surface area contributed by atoms with Crippen molar-refractivity contribution < 1.29 is 9.15 Å². The van der Waals surface area contributed by atoms with Gasteiger partial charge in [0.05, 0.1) is 25.5 Å². The number of likely N-dealkylation sites (tertiary alicyclic amines) is 1. The maximum Gasteiger partial charge on any atom is 0.191 e. The topological polar surface area (TPSA) is 65.3 Å². The van der Waals surface area contributed by atoms with Crippen LogP contribution in [0.2, 0.25) is 0 Å². The van der Waals surface area contributed by atoms with Crippen LogP contribution >= 0.6 is 24.0 Å². The molecule has 0 bridgehead atoms. The molecule has 2 N–H and O–H groups in total. The van der Waals surface area contributed by atoms with Crippen LogP contribution in [0.4, 0.5) is 0 Å². The summed E-state index contributed by atoms with van der Waals surface area (Å²) >= 11 is 0. The minimum Gasteiger partial charge on any atom is -0.468 e. The molecule has 3 rings (SSSR count). The lowest BCUT2D eigenvalue weighted by atomic mass is 10.1. The van der Waals surface area contributed by atoms with E-state index in [0.29, 0.717) is 6.54 Å². The Morgan fingerprint density at radius 2 is 2.07 bits per heavy atom. The van der Waals surface area contributed by atoms with E-state index in [9.17, 15) is 0 Å². The van der Waals surface area contributed by atoms with Gasteiger partial charge in [-0.15, -0.1) is 24.0 Å². The molecule has 1 aromatic rings. The van der Waals surface area contributed by atoms with Crippen molar-refractivity contribution in [1.82, 2.24) is 20.4 Å². The van der Waals surface area contributed by atoms with E-state index in [-0.39, 0.29) is 30.0 Å². The summed E-state index contributed by atoms with van der Waals surface area (Å²) in [5.41, 5.74) is 0. The third-order valence-electron chi connectivity index (χ3n) is 5.81.